The predicted octanol–water partition coefficient (Wildman–Crippen LogP) is 3.19. The fraction of sp³-hybridized carbons (Fsp3) is 0.0909. The molecule has 0 saturated carbocycles. The van der Waals surface area contributed by atoms with Gasteiger partial charge in [-0.25, -0.2) is 0 Å². The lowest BCUT2D eigenvalue weighted by molar-refractivity contribution is 1.46. The van der Waals surface area contributed by atoms with Gasteiger partial charge in [0.25, 0.3) is 0 Å². The largest absolute Gasteiger partial charge is 0.0991 e. The highest BCUT2D eigenvalue weighted by molar-refractivity contribution is 5.51. The normalized spacial score (nSPS) is 10.3. The van der Waals surface area contributed by atoms with E-state index in [1.165, 1.54) is 11.1 Å². The molecule has 0 unspecified atom stereocenters. The van der Waals surface area contributed by atoms with E-state index in [0.29, 0.717) is 0 Å². The topological polar surface area (TPSA) is 0 Å². The molecule has 0 bridgehead atoms. The summed E-state index contributed by atoms with van der Waals surface area (Å²) < 4.78 is 0. The van der Waals surface area contributed by atoms with Crippen molar-refractivity contribution in [3.8, 4) is 0 Å². The second-order valence-corrected chi connectivity index (χ2v) is 2.51. The molecule has 0 spiro atoms. The van der Waals surface area contributed by atoms with Crippen molar-refractivity contribution < 1.29 is 0 Å². The van der Waals surface area contributed by atoms with Crippen LogP contribution in [0.25, 0.3) is 6.08 Å². The summed E-state index contributed by atoms with van der Waals surface area (Å²) in [5, 5.41) is 0. The van der Waals surface area contributed by atoms with E-state index in [4.69, 9.17) is 0 Å². The summed E-state index contributed by atoms with van der Waals surface area (Å²) in [6, 6.07) is 8.36. The Balaban J connectivity index is 2.87. The van der Waals surface area contributed by atoms with Crippen molar-refractivity contribution >= 4 is 6.08 Å². The first-order valence-corrected chi connectivity index (χ1v) is 3.68. The van der Waals surface area contributed by atoms with Gasteiger partial charge in [-0.1, -0.05) is 54.6 Å². The van der Waals surface area contributed by atoms with Gasteiger partial charge in [0.1, 0.15) is 0 Å². The minimum absolute atomic E-state index is 1.23. The lowest BCUT2D eigenvalue weighted by atomic mass is 10.1. The second kappa shape index (κ2) is 3.77. The van der Waals surface area contributed by atoms with Gasteiger partial charge in [-0.15, -0.1) is 0 Å². The minimum atomic E-state index is 1.23. The zero-order valence-electron chi connectivity index (χ0n) is 6.75. The van der Waals surface area contributed by atoms with Gasteiger partial charge in [0.15, 0.2) is 0 Å². The molecule has 0 fully saturated rings. The molecule has 0 N–H and O–H groups in total. The summed E-state index contributed by atoms with van der Waals surface area (Å²) in [6.07, 6.45) is 5.76. The van der Waals surface area contributed by atoms with Crippen molar-refractivity contribution in [3.63, 3.8) is 0 Å². The number of allylic oxidation sites excluding steroid dienone is 2. The summed E-state index contributed by atoms with van der Waals surface area (Å²) in [5.41, 5.74) is 2.51. The van der Waals surface area contributed by atoms with Gasteiger partial charge in [-0.3, -0.25) is 0 Å². The molecule has 0 aliphatic rings. The summed E-state index contributed by atoms with van der Waals surface area (Å²) in [7, 11) is 0. The Labute approximate surface area is 67.9 Å². The molecular formula is C11H12. The van der Waals surface area contributed by atoms with Crippen LogP contribution < -0.4 is 0 Å². The van der Waals surface area contributed by atoms with Crippen molar-refractivity contribution in [2.75, 3.05) is 0 Å². The van der Waals surface area contributed by atoms with Crippen molar-refractivity contribution in [1.29, 1.82) is 0 Å². The van der Waals surface area contributed by atoms with Crippen LogP contribution >= 0.6 is 0 Å². The first-order chi connectivity index (χ1) is 5.33. The molecule has 0 heteroatoms. The van der Waals surface area contributed by atoms with Crippen LogP contribution in [0.15, 0.2) is 43.0 Å². The standard InChI is InChI=1S/C11H12/c1-3-4-7-11-8-5-6-10(2)9-11/h3-9H,1H2,2H3/b7-4+. The number of hydrogen-bond acceptors (Lipinski definition) is 0. The molecule has 1 aromatic rings. The van der Waals surface area contributed by atoms with E-state index in [9.17, 15) is 0 Å². The van der Waals surface area contributed by atoms with Gasteiger partial charge in [0.05, 0.1) is 0 Å². The number of aryl methyl sites for hydroxylation is 1. The van der Waals surface area contributed by atoms with E-state index in [0.717, 1.165) is 0 Å². The molecule has 0 saturated heterocycles. The Hall–Kier alpha value is -1.30. The lowest BCUT2D eigenvalue weighted by Crippen LogP contribution is -1.73. The molecular weight excluding hydrogens is 132 g/mol. The van der Waals surface area contributed by atoms with E-state index < -0.39 is 0 Å². The highest BCUT2D eigenvalue weighted by Gasteiger charge is 1.84. The first-order valence-electron chi connectivity index (χ1n) is 3.68. The van der Waals surface area contributed by atoms with Gasteiger partial charge in [-0.05, 0) is 12.5 Å². The molecule has 56 valence electrons. The molecule has 0 nitrogen and oxygen atoms in total. The smallest absolute Gasteiger partial charge is 0.0254 e. The summed E-state index contributed by atoms with van der Waals surface area (Å²) in [5.74, 6) is 0. The molecule has 0 radical (unpaired) electrons. The third-order valence-electron chi connectivity index (χ3n) is 1.47. The van der Waals surface area contributed by atoms with Crippen LogP contribution in [0.3, 0.4) is 0 Å². The van der Waals surface area contributed by atoms with Crippen molar-refractivity contribution in [3.05, 3.63) is 54.1 Å². The van der Waals surface area contributed by atoms with Crippen LogP contribution in [-0.4, -0.2) is 0 Å². The maximum Gasteiger partial charge on any atom is -0.0254 e. The van der Waals surface area contributed by atoms with E-state index in [1.807, 2.05) is 12.2 Å². The first kappa shape index (κ1) is 7.80. The fourth-order valence-corrected chi connectivity index (χ4v) is 0.953. The van der Waals surface area contributed by atoms with Gasteiger partial charge in [0.2, 0.25) is 0 Å². The highest BCUT2D eigenvalue weighted by atomic mass is 13.9. The van der Waals surface area contributed by atoms with Crippen molar-refractivity contribution in [2.24, 2.45) is 0 Å². The van der Waals surface area contributed by atoms with Crippen LogP contribution in [0.2, 0.25) is 0 Å². The van der Waals surface area contributed by atoms with Gasteiger partial charge >= 0.3 is 0 Å². The van der Waals surface area contributed by atoms with Crippen LogP contribution in [0, 0.1) is 6.92 Å². The van der Waals surface area contributed by atoms with Crippen LogP contribution in [-0.2, 0) is 0 Å². The Morgan fingerprint density at radius 2 is 2.18 bits per heavy atom. The molecule has 0 aromatic heterocycles. The van der Waals surface area contributed by atoms with E-state index >= 15 is 0 Å². The number of benzene rings is 1. The van der Waals surface area contributed by atoms with Gasteiger partial charge in [0, 0.05) is 0 Å². The third-order valence-corrected chi connectivity index (χ3v) is 1.47. The molecule has 1 rings (SSSR count). The molecule has 0 aliphatic heterocycles. The van der Waals surface area contributed by atoms with E-state index in [-0.39, 0.29) is 0 Å². The monoisotopic (exact) mass is 144 g/mol. The zero-order chi connectivity index (χ0) is 8.10. The zero-order valence-corrected chi connectivity index (χ0v) is 6.75. The summed E-state index contributed by atoms with van der Waals surface area (Å²) in [6.45, 7) is 5.70. The highest BCUT2D eigenvalue weighted by Crippen LogP contribution is 2.05. The Morgan fingerprint density at radius 1 is 1.36 bits per heavy atom. The average molecular weight is 144 g/mol. The fourth-order valence-electron chi connectivity index (χ4n) is 0.953. The summed E-state index contributed by atoms with van der Waals surface area (Å²) >= 11 is 0. The second-order valence-electron chi connectivity index (χ2n) is 2.51. The molecule has 0 aliphatic carbocycles. The molecule has 11 heavy (non-hydrogen) atoms. The quantitative estimate of drug-likeness (QED) is 0.559. The summed E-state index contributed by atoms with van der Waals surface area (Å²) in [4.78, 5) is 0. The van der Waals surface area contributed by atoms with Gasteiger partial charge in [-0.2, -0.15) is 0 Å². The maximum absolute atomic E-state index is 3.61. The van der Waals surface area contributed by atoms with Crippen LogP contribution in [0.4, 0.5) is 0 Å². The van der Waals surface area contributed by atoms with Crippen LogP contribution in [0.1, 0.15) is 11.1 Å². The lowest BCUT2D eigenvalue weighted by Gasteiger charge is -1.93. The number of hydrogen-bond donors (Lipinski definition) is 0. The Bertz CT molecular complexity index is 269. The average Bonchev–Trinajstić information content (AvgIpc) is 2.01. The minimum Gasteiger partial charge on any atom is -0.0991 e. The molecule has 0 amide bonds. The molecule has 0 atom stereocenters. The Kier molecular flexibility index (Phi) is 2.67. The number of rotatable bonds is 2. The molecule has 1 aromatic carbocycles. The van der Waals surface area contributed by atoms with E-state index in [2.05, 4.69) is 37.8 Å². The molecule has 0 heterocycles. The van der Waals surface area contributed by atoms with Crippen molar-refractivity contribution in [1.82, 2.24) is 0 Å². The Morgan fingerprint density at radius 3 is 2.82 bits per heavy atom. The van der Waals surface area contributed by atoms with Gasteiger partial charge < -0.3 is 0 Å². The third kappa shape index (κ3) is 2.42. The van der Waals surface area contributed by atoms with E-state index in [1.54, 1.807) is 6.08 Å². The van der Waals surface area contributed by atoms with Crippen LogP contribution in [0.5, 0.6) is 0 Å². The predicted molar refractivity (Wildman–Crippen MR) is 50.4 cm³/mol. The maximum atomic E-state index is 3.61. The van der Waals surface area contributed by atoms with Crippen molar-refractivity contribution in [2.45, 2.75) is 6.92 Å². The SMILES string of the molecule is C=C/C=C/c1cccc(C)c1.